The van der Waals surface area contributed by atoms with E-state index in [1.807, 2.05) is 0 Å². The smallest absolute Gasteiger partial charge is 0.236 e. The molecule has 0 aromatic heterocycles. The Morgan fingerprint density at radius 3 is 2.38 bits per heavy atom. The number of amides is 1. The summed E-state index contributed by atoms with van der Waals surface area (Å²) in [5, 5.41) is 2.70. The van der Waals surface area contributed by atoms with Gasteiger partial charge in [-0.05, 0) is 7.05 Å². The highest BCUT2D eigenvalue weighted by atomic mass is 32.2. The summed E-state index contributed by atoms with van der Waals surface area (Å²) in [5.74, 6) is -0.0926. The Morgan fingerprint density at radius 2 is 2.00 bits per heavy atom. The molecule has 0 saturated heterocycles. The van der Waals surface area contributed by atoms with Gasteiger partial charge in [0, 0.05) is 19.8 Å². The number of carbonyl (C=O) groups is 1. The number of nitrogens with one attached hydrogen (secondary N) is 1. The maximum absolute atomic E-state index is 11.1. The summed E-state index contributed by atoms with van der Waals surface area (Å²) in [5.41, 5.74) is 0. The molecule has 0 unspecified atom stereocenters. The van der Waals surface area contributed by atoms with E-state index < -0.39 is 9.84 Å². The van der Waals surface area contributed by atoms with Gasteiger partial charge in [-0.25, -0.2) is 8.42 Å². The van der Waals surface area contributed by atoms with Gasteiger partial charge < -0.3 is 10.2 Å². The van der Waals surface area contributed by atoms with Gasteiger partial charge in [-0.1, -0.05) is 0 Å². The van der Waals surface area contributed by atoms with Crippen LogP contribution in [-0.4, -0.2) is 58.4 Å². The van der Waals surface area contributed by atoms with Gasteiger partial charge in [-0.15, -0.1) is 0 Å². The van der Waals surface area contributed by atoms with Crippen LogP contribution in [0.15, 0.2) is 0 Å². The van der Waals surface area contributed by atoms with Crippen molar-refractivity contribution in [2.75, 3.05) is 39.2 Å². The molecule has 78 valence electrons. The van der Waals surface area contributed by atoms with Gasteiger partial charge in [0.1, 0.15) is 9.84 Å². The lowest BCUT2D eigenvalue weighted by Crippen LogP contribution is -2.36. The summed E-state index contributed by atoms with van der Waals surface area (Å²) >= 11 is 0. The van der Waals surface area contributed by atoms with Gasteiger partial charge >= 0.3 is 0 Å². The Bertz CT molecular complexity index is 261. The number of nitrogens with zero attached hydrogens (tertiary/aromatic N) is 1. The molecule has 0 bridgehead atoms. The van der Waals surface area contributed by atoms with Crippen LogP contribution in [0.1, 0.15) is 0 Å². The Balaban J connectivity index is 3.88. The number of likely N-dealkylation sites (N-methyl/N-ethyl adjacent to an activating group) is 2. The largest absolute Gasteiger partial charge is 0.344 e. The second-order valence-corrected chi connectivity index (χ2v) is 5.24. The van der Waals surface area contributed by atoms with Crippen molar-refractivity contribution in [3.05, 3.63) is 0 Å². The van der Waals surface area contributed by atoms with Gasteiger partial charge in [0.15, 0.2) is 0 Å². The fraction of sp³-hybridized carbons (Fsp3) is 0.857. The number of hydrogen-bond acceptors (Lipinski definition) is 4. The van der Waals surface area contributed by atoms with Crippen molar-refractivity contribution < 1.29 is 13.2 Å². The highest BCUT2D eigenvalue weighted by Crippen LogP contribution is 1.88. The molecule has 0 saturated carbocycles. The molecule has 0 aromatic carbocycles. The third-order valence-corrected chi connectivity index (χ3v) is 2.48. The number of sulfone groups is 1. The molecule has 0 aliphatic carbocycles. The first-order valence-corrected chi connectivity index (χ1v) is 5.99. The second-order valence-electron chi connectivity index (χ2n) is 2.98. The van der Waals surface area contributed by atoms with Crippen molar-refractivity contribution in [2.45, 2.75) is 0 Å². The highest BCUT2D eigenvalue weighted by molar-refractivity contribution is 7.90. The van der Waals surface area contributed by atoms with E-state index >= 15 is 0 Å². The topological polar surface area (TPSA) is 66.5 Å². The van der Waals surface area contributed by atoms with Gasteiger partial charge in [0.25, 0.3) is 0 Å². The minimum Gasteiger partial charge on any atom is -0.344 e. The predicted octanol–water partition coefficient (Wildman–Crippen LogP) is -1.29. The standard InChI is InChI=1S/C7H16N2O3S/c1-8-6-7(10)9(2)4-5-13(3,11)12/h8H,4-6H2,1-3H3. The van der Waals surface area contributed by atoms with Crippen LogP contribution in [-0.2, 0) is 14.6 Å². The summed E-state index contributed by atoms with van der Waals surface area (Å²) in [6.07, 6.45) is 1.16. The van der Waals surface area contributed by atoms with Crippen LogP contribution in [0.4, 0.5) is 0 Å². The van der Waals surface area contributed by atoms with E-state index in [0.717, 1.165) is 6.26 Å². The number of hydrogen-bond donors (Lipinski definition) is 1. The van der Waals surface area contributed by atoms with E-state index in [1.54, 1.807) is 14.1 Å². The molecule has 0 atom stereocenters. The molecule has 0 aromatic rings. The highest BCUT2D eigenvalue weighted by Gasteiger charge is 2.09. The van der Waals surface area contributed by atoms with Crippen molar-refractivity contribution >= 4 is 15.7 Å². The molecule has 13 heavy (non-hydrogen) atoms. The van der Waals surface area contributed by atoms with Crippen LogP contribution >= 0.6 is 0 Å². The van der Waals surface area contributed by atoms with E-state index in [1.165, 1.54) is 4.90 Å². The first-order chi connectivity index (χ1) is 5.87. The third-order valence-electron chi connectivity index (χ3n) is 1.55. The minimum absolute atomic E-state index is 0.0129. The van der Waals surface area contributed by atoms with Crippen molar-refractivity contribution in [3.63, 3.8) is 0 Å². The average molecular weight is 208 g/mol. The third kappa shape index (κ3) is 6.53. The van der Waals surface area contributed by atoms with Crippen molar-refractivity contribution in [1.29, 1.82) is 0 Å². The molecular formula is C7H16N2O3S. The lowest BCUT2D eigenvalue weighted by Gasteiger charge is -2.15. The SMILES string of the molecule is CNCC(=O)N(C)CCS(C)(=O)=O. The Labute approximate surface area is 79.0 Å². The molecule has 5 nitrogen and oxygen atoms in total. The number of carbonyl (C=O) groups excluding carboxylic acids is 1. The molecule has 0 aliphatic rings. The quantitative estimate of drug-likeness (QED) is 0.610. The van der Waals surface area contributed by atoms with Gasteiger partial charge in [-0.2, -0.15) is 0 Å². The van der Waals surface area contributed by atoms with Crippen LogP contribution in [0.5, 0.6) is 0 Å². The summed E-state index contributed by atoms with van der Waals surface area (Å²) in [6.45, 7) is 0.486. The molecule has 0 spiro atoms. The minimum atomic E-state index is -2.98. The number of rotatable bonds is 5. The molecule has 0 rings (SSSR count). The molecule has 6 heteroatoms. The fourth-order valence-corrected chi connectivity index (χ4v) is 1.32. The van der Waals surface area contributed by atoms with Crippen LogP contribution in [0.2, 0.25) is 0 Å². The molecule has 0 radical (unpaired) electrons. The molecular weight excluding hydrogens is 192 g/mol. The molecule has 0 aliphatic heterocycles. The fourth-order valence-electron chi connectivity index (χ4n) is 0.714. The Kier molecular flexibility index (Phi) is 4.94. The van der Waals surface area contributed by atoms with Gasteiger partial charge in [0.05, 0.1) is 12.3 Å². The van der Waals surface area contributed by atoms with E-state index in [-0.39, 0.29) is 24.7 Å². The van der Waals surface area contributed by atoms with Crippen LogP contribution in [0, 0.1) is 0 Å². The molecule has 1 amide bonds. The zero-order valence-corrected chi connectivity index (χ0v) is 9.02. The second kappa shape index (κ2) is 5.18. The van der Waals surface area contributed by atoms with Crippen molar-refractivity contribution in [2.24, 2.45) is 0 Å². The van der Waals surface area contributed by atoms with E-state index in [4.69, 9.17) is 0 Å². The lowest BCUT2D eigenvalue weighted by atomic mass is 10.5. The normalized spacial score (nSPS) is 11.3. The van der Waals surface area contributed by atoms with Gasteiger partial charge in [-0.3, -0.25) is 4.79 Å². The van der Waals surface area contributed by atoms with E-state index in [9.17, 15) is 13.2 Å². The summed E-state index contributed by atoms with van der Waals surface area (Å²) in [6, 6.07) is 0. The summed E-state index contributed by atoms with van der Waals surface area (Å²) < 4.78 is 21.5. The zero-order chi connectivity index (χ0) is 10.5. The Hall–Kier alpha value is -0.620. The Morgan fingerprint density at radius 1 is 1.46 bits per heavy atom. The maximum Gasteiger partial charge on any atom is 0.236 e. The zero-order valence-electron chi connectivity index (χ0n) is 8.20. The van der Waals surface area contributed by atoms with Crippen molar-refractivity contribution in [1.82, 2.24) is 10.2 Å². The molecule has 0 fully saturated rings. The maximum atomic E-state index is 11.1. The lowest BCUT2D eigenvalue weighted by molar-refractivity contribution is -0.128. The summed E-state index contributed by atoms with van der Waals surface area (Å²) in [7, 11) is 0.275. The summed E-state index contributed by atoms with van der Waals surface area (Å²) in [4.78, 5) is 12.5. The predicted molar refractivity (Wildman–Crippen MR) is 51.3 cm³/mol. The van der Waals surface area contributed by atoms with Crippen LogP contribution < -0.4 is 5.32 Å². The van der Waals surface area contributed by atoms with Crippen LogP contribution in [0.3, 0.4) is 0 Å². The molecule has 1 N–H and O–H groups in total. The van der Waals surface area contributed by atoms with Crippen LogP contribution in [0.25, 0.3) is 0 Å². The first-order valence-electron chi connectivity index (χ1n) is 3.93. The average Bonchev–Trinajstić information content (AvgIpc) is 1.99. The van der Waals surface area contributed by atoms with E-state index in [0.29, 0.717) is 0 Å². The van der Waals surface area contributed by atoms with Crippen molar-refractivity contribution in [3.8, 4) is 0 Å². The first kappa shape index (κ1) is 12.4. The monoisotopic (exact) mass is 208 g/mol. The van der Waals surface area contributed by atoms with E-state index in [2.05, 4.69) is 5.32 Å². The molecule has 0 heterocycles. The van der Waals surface area contributed by atoms with Gasteiger partial charge in [0.2, 0.25) is 5.91 Å².